The van der Waals surface area contributed by atoms with Crippen molar-refractivity contribution in [2.75, 3.05) is 13.3 Å². The average molecular weight is 417 g/mol. The molecule has 0 aliphatic carbocycles. The first-order chi connectivity index (χ1) is 14.4. The molecule has 0 saturated carbocycles. The van der Waals surface area contributed by atoms with Gasteiger partial charge in [0.15, 0.2) is 5.65 Å². The Balaban J connectivity index is 1.58. The van der Waals surface area contributed by atoms with Gasteiger partial charge in [-0.05, 0) is 37.9 Å². The first-order valence-electron chi connectivity index (χ1n) is 9.57. The van der Waals surface area contributed by atoms with Crippen molar-refractivity contribution in [1.82, 2.24) is 34.3 Å². The number of hydrogen-bond donors (Lipinski definition) is 0. The highest BCUT2D eigenvalue weighted by Crippen LogP contribution is 2.35. The van der Waals surface area contributed by atoms with Gasteiger partial charge in [-0.15, -0.1) is 5.10 Å². The summed E-state index contributed by atoms with van der Waals surface area (Å²) >= 11 is 0. The Kier molecular flexibility index (Phi) is 4.25. The van der Waals surface area contributed by atoms with Gasteiger partial charge in [0.2, 0.25) is 5.65 Å². The van der Waals surface area contributed by atoms with Gasteiger partial charge in [0.05, 0.1) is 17.9 Å². The Morgan fingerprint density at radius 3 is 2.80 bits per heavy atom. The van der Waals surface area contributed by atoms with Gasteiger partial charge in [-0.25, -0.2) is 19.6 Å². The van der Waals surface area contributed by atoms with Crippen molar-refractivity contribution in [3.8, 4) is 11.3 Å². The van der Waals surface area contributed by atoms with E-state index in [2.05, 4.69) is 20.3 Å². The van der Waals surface area contributed by atoms with Crippen molar-refractivity contribution in [2.45, 2.75) is 13.0 Å². The lowest BCUT2D eigenvalue weighted by molar-refractivity contribution is 0.554. The number of fused-ring (bicyclic) bond motifs is 2. The van der Waals surface area contributed by atoms with E-state index >= 15 is 0 Å². The highest BCUT2D eigenvalue weighted by atomic mass is 31.2. The van der Waals surface area contributed by atoms with E-state index in [9.17, 15) is 4.57 Å². The minimum Gasteiger partial charge on any atom is -0.319 e. The summed E-state index contributed by atoms with van der Waals surface area (Å²) in [6.45, 7) is 5.57. The van der Waals surface area contributed by atoms with Crippen molar-refractivity contribution in [3.05, 3.63) is 66.7 Å². The molecular formula is C21H20N7OP. The number of aromatic nitrogens is 7. The minimum atomic E-state index is -2.37. The lowest BCUT2D eigenvalue weighted by Crippen LogP contribution is -2.10. The van der Waals surface area contributed by atoms with Gasteiger partial charge in [-0.3, -0.25) is 0 Å². The lowest BCUT2D eigenvalue weighted by atomic mass is 10.1. The predicted octanol–water partition coefficient (Wildman–Crippen LogP) is 3.39. The van der Waals surface area contributed by atoms with Crippen LogP contribution in [0.3, 0.4) is 0 Å². The Morgan fingerprint density at radius 1 is 1.10 bits per heavy atom. The van der Waals surface area contributed by atoms with Crippen LogP contribution in [0.1, 0.15) is 18.5 Å². The SMILES string of the molecule is CC(c1ccc2nccn2c1)n1nnc2ncc(-c3cccc(P(C)(C)=O)c3)nc21. The molecule has 9 heteroatoms. The molecule has 5 aromatic rings. The molecule has 0 saturated heterocycles. The minimum absolute atomic E-state index is 0.0933. The summed E-state index contributed by atoms with van der Waals surface area (Å²) in [7, 11) is -2.37. The van der Waals surface area contributed by atoms with Crippen LogP contribution in [0.4, 0.5) is 0 Å². The van der Waals surface area contributed by atoms with Crippen LogP contribution in [0.25, 0.3) is 28.2 Å². The molecule has 0 radical (unpaired) electrons. The maximum atomic E-state index is 12.5. The van der Waals surface area contributed by atoms with Crippen LogP contribution < -0.4 is 5.30 Å². The van der Waals surface area contributed by atoms with Crippen LogP contribution in [0.2, 0.25) is 0 Å². The molecule has 4 aromatic heterocycles. The van der Waals surface area contributed by atoms with Gasteiger partial charge in [0, 0.05) is 29.5 Å². The van der Waals surface area contributed by atoms with Gasteiger partial charge < -0.3 is 8.97 Å². The monoisotopic (exact) mass is 417 g/mol. The second-order valence-electron chi connectivity index (χ2n) is 7.67. The van der Waals surface area contributed by atoms with E-state index in [-0.39, 0.29) is 6.04 Å². The zero-order valence-corrected chi connectivity index (χ0v) is 17.7. The van der Waals surface area contributed by atoms with Gasteiger partial charge in [-0.1, -0.05) is 29.5 Å². The molecule has 1 aromatic carbocycles. The zero-order chi connectivity index (χ0) is 20.9. The van der Waals surface area contributed by atoms with Crippen LogP contribution in [-0.2, 0) is 4.57 Å². The van der Waals surface area contributed by atoms with Crippen LogP contribution in [0.15, 0.2) is 61.2 Å². The van der Waals surface area contributed by atoms with Crippen molar-refractivity contribution >= 4 is 29.4 Å². The molecule has 0 aliphatic rings. The Morgan fingerprint density at radius 2 is 1.97 bits per heavy atom. The number of hydrogen-bond acceptors (Lipinski definition) is 6. The zero-order valence-electron chi connectivity index (χ0n) is 16.8. The van der Waals surface area contributed by atoms with Crippen LogP contribution >= 0.6 is 7.14 Å². The van der Waals surface area contributed by atoms with E-state index < -0.39 is 7.14 Å². The highest BCUT2D eigenvalue weighted by Gasteiger charge is 2.18. The largest absolute Gasteiger partial charge is 0.319 e. The average Bonchev–Trinajstić information content (AvgIpc) is 3.38. The molecule has 0 aliphatic heterocycles. The molecule has 0 spiro atoms. The molecule has 0 bridgehead atoms. The number of rotatable bonds is 4. The van der Waals surface area contributed by atoms with Crippen molar-refractivity contribution < 1.29 is 4.57 Å². The van der Waals surface area contributed by atoms with E-state index in [1.807, 2.05) is 60.1 Å². The Bertz CT molecular complexity index is 1430. The summed E-state index contributed by atoms with van der Waals surface area (Å²) in [4.78, 5) is 13.5. The second kappa shape index (κ2) is 6.85. The molecule has 4 heterocycles. The van der Waals surface area contributed by atoms with E-state index in [1.165, 1.54) is 0 Å². The van der Waals surface area contributed by atoms with Gasteiger partial charge in [0.1, 0.15) is 12.8 Å². The van der Waals surface area contributed by atoms with E-state index in [0.29, 0.717) is 17.0 Å². The smallest absolute Gasteiger partial charge is 0.221 e. The lowest BCUT2D eigenvalue weighted by Gasteiger charge is -2.13. The summed E-state index contributed by atoms with van der Waals surface area (Å²) in [5.74, 6) is 0. The molecule has 8 nitrogen and oxygen atoms in total. The molecule has 150 valence electrons. The first kappa shape index (κ1) is 18.6. The fourth-order valence-corrected chi connectivity index (χ4v) is 4.35. The molecule has 5 rings (SSSR count). The molecular weight excluding hydrogens is 397 g/mol. The fourth-order valence-electron chi connectivity index (χ4n) is 3.46. The second-order valence-corrected chi connectivity index (χ2v) is 10.9. The summed E-state index contributed by atoms with van der Waals surface area (Å²) < 4.78 is 16.2. The summed E-state index contributed by atoms with van der Waals surface area (Å²) in [6.07, 6.45) is 7.39. The van der Waals surface area contributed by atoms with E-state index in [0.717, 1.165) is 22.1 Å². The Labute approximate surface area is 173 Å². The molecule has 0 amide bonds. The number of imidazole rings is 1. The predicted molar refractivity (Wildman–Crippen MR) is 117 cm³/mol. The molecule has 0 fully saturated rings. The van der Waals surface area contributed by atoms with Gasteiger partial charge in [-0.2, -0.15) is 0 Å². The quantitative estimate of drug-likeness (QED) is 0.416. The maximum Gasteiger partial charge on any atom is 0.221 e. The maximum absolute atomic E-state index is 12.5. The summed E-state index contributed by atoms with van der Waals surface area (Å²) in [5.41, 5.74) is 4.60. The molecule has 1 atom stereocenters. The number of benzene rings is 1. The molecule has 1 unspecified atom stereocenters. The van der Waals surface area contributed by atoms with Crippen LogP contribution in [0.5, 0.6) is 0 Å². The summed E-state index contributed by atoms with van der Waals surface area (Å²) in [6, 6.07) is 11.6. The van der Waals surface area contributed by atoms with Crippen LogP contribution in [0, 0.1) is 0 Å². The number of nitrogens with zero attached hydrogens (tertiary/aromatic N) is 7. The third-order valence-electron chi connectivity index (χ3n) is 5.21. The summed E-state index contributed by atoms with van der Waals surface area (Å²) in [5, 5.41) is 9.30. The fraction of sp³-hybridized carbons (Fsp3) is 0.190. The third-order valence-corrected chi connectivity index (χ3v) is 6.73. The van der Waals surface area contributed by atoms with Crippen molar-refractivity contribution in [1.29, 1.82) is 0 Å². The normalized spacial score (nSPS) is 13.2. The first-order valence-corrected chi connectivity index (χ1v) is 12.2. The highest BCUT2D eigenvalue weighted by molar-refractivity contribution is 7.70. The van der Waals surface area contributed by atoms with Crippen LogP contribution in [-0.4, -0.2) is 47.7 Å². The van der Waals surface area contributed by atoms with Crippen molar-refractivity contribution in [2.24, 2.45) is 0 Å². The van der Waals surface area contributed by atoms with E-state index in [1.54, 1.807) is 30.4 Å². The van der Waals surface area contributed by atoms with Gasteiger partial charge in [0.25, 0.3) is 0 Å². The van der Waals surface area contributed by atoms with Crippen molar-refractivity contribution in [3.63, 3.8) is 0 Å². The number of pyridine rings is 1. The third kappa shape index (κ3) is 3.19. The molecule has 30 heavy (non-hydrogen) atoms. The Hall–Kier alpha value is -3.38. The molecule has 0 N–H and O–H groups in total. The standard InChI is InChI=1S/C21H20N7OP/c1-14(16-7-8-19-22-9-10-27(19)13-16)28-21-20(25-26-28)23-12-18(24-21)15-5-4-6-17(11-15)30(2,3)29/h4-14H,1-3H3. The van der Waals surface area contributed by atoms with Gasteiger partial charge >= 0.3 is 0 Å². The van der Waals surface area contributed by atoms with E-state index in [4.69, 9.17) is 4.98 Å². The topological polar surface area (TPSA) is 90.9 Å².